The maximum absolute atomic E-state index is 11.7. The zero-order chi connectivity index (χ0) is 15.7. The number of anilines is 2. The summed E-state index contributed by atoms with van der Waals surface area (Å²) in [7, 11) is 0. The number of esters is 1. The van der Waals surface area contributed by atoms with E-state index in [2.05, 4.69) is 4.98 Å². The van der Waals surface area contributed by atoms with Crippen LogP contribution in [0.3, 0.4) is 0 Å². The lowest BCUT2D eigenvalue weighted by Crippen LogP contribution is -2.04. The molecular formula is C16H16N4O2. The highest BCUT2D eigenvalue weighted by Gasteiger charge is 2.11. The number of hydrogen-bond donors (Lipinski definition) is 2. The van der Waals surface area contributed by atoms with Crippen molar-refractivity contribution in [1.82, 2.24) is 9.55 Å². The first-order valence-corrected chi connectivity index (χ1v) is 6.89. The fourth-order valence-corrected chi connectivity index (χ4v) is 2.32. The van der Waals surface area contributed by atoms with Crippen molar-refractivity contribution in [1.29, 1.82) is 0 Å². The van der Waals surface area contributed by atoms with Crippen LogP contribution in [0.4, 0.5) is 11.4 Å². The second-order valence-electron chi connectivity index (χ2n) is 4.86. The summed E-state index contributed by atoms with van der Waals surface area (Å²) in [5.41, 5.74) is 15.0. The van der Waals surface area contributed by atoms with Gasteiger partial charge >= 0.3 is 5.97 Å². The first-order valence-electron chi connectivity index (χ1n) is 6.89. The number of nitrogens with two attached hydrogens (primary N) is 2. The van der Waals surface area contributed by atoms with Crippen LogP contribution in [0.15, 0.2) is 42.7 Å². The maximum Gasteiger partial charge on any atom is 0.338 e. The van der Waals surface area contributed by atoms with E-state index in [1.807, 2.05) is 16.7 Å². The van der Waals surface area contributed by atoms with Gasteiger partial charge in [-0.2, -0.15) is 0 Å². The van der Waals surface area contributed by atoms with Crippen LogP contribution in [0, 0.1) is 0 Å². The molecule has 0 amide bonds. The summed E-state index contributed by atoms with van der Waals surface area (Å²) in [4.78, 5) is 16.0. The minimum Gasteiger partial charge on any atom is -0.462 e. The predicted molar refractivity (Wildman–Crippen MR) is 85.9 cm³/mol. The van der Waals surface area contributed by atoms with Gasteiger partial charge in [-0.1, -0.05) is 0 Å². The first kappa shape index (κ1) is 13.9. The first-order chi connectivity index (χ1) is 10.6. The summed E-state index contributed by atoms with van der Waals surface area (Å²) in [5.74, 6) is -0.336. The molecule has 0 atom stereocenters. The lowest BCUT2D eigenvalue weighted by atomic mass is 10.2. The van der Waals surface area contributed by atoms with E-state index in [1.54, 1.807) is 37.5 Å². The molecule has 3 aromatic rings. The number of carbonyl (C=O) groups is 1. The van der Waals surface area contributed by atoms with Crippen molar-refractivity contribution < 1.29 is 9.53 Å². The number of hydrogen-bond acceptors (Lipinski definition) is 5. The zero-order valence-corrected chi connectivity index (χ0v) is 12.1. The van der Waals surface area contributed by atoms with Gasteiger partial charge in [0.2, 0.25) is 0 Å². The molecular weight excluding hydrogens is 280 g/mol. The molecule has 3 rings (SSSR count). The van der Waals surface area contributed by atoms with Crippen LogP contribution >= 0.6 is 0 Å². The fourth-order valence-electron chi connectivity index (χ4n) is 2.32. The molecule has 0 aliphatic heterocycles. The highest BCUT2D eigenvalue weighted by molar-refractivity contribution is 5.93. The second kappa shape index (κ2) is 5.40. The molecule has 6 heteroatoms. The third kappa shape index (κ3) is 2.35. The normalized spacial score (nSPS) is 10.8. The Balaban J connectivity index is 2.03. The third-order valence-corrected chi connectivity index (χ3v) is 3.35. The monoisotopic (exact) mass is 296 g/mol. The van der Waals surface area contributed by atoms with E-state index in [0.717, 1.165) is 16.7 Å². The van der Waals surface area contributed by atoms with E-state index in [-0.39, 0.29) is 5.97 Å². The van der Waals surface area contributed by atoms with Crippen molar-refractivity contribution in [2.75, 3.05) is 18.1 Å². The van der Waals surface area contributed by atoms with E-state index in [1.165, 1.54) is 0 Å². The smallest absolute Gasteiger partial charge is 0.338 e. The van der Waals surface area contributed by atoms with Crippen LogP contribution in [0.5, 0.6) is 0 Å². The highest BCUT2D eigenvalue weighted by Crippen LogP contribution is 2.26. The van der Waals surface area contributed by atoms with Crippen LogP contribution in [0.25, 0.3) is 16.7 Å². The highest BCUT2D eigenvalue weighted by atomic mass is 16.5. The Hall–Kier alpha value is -3.02. The molecule has 4 N–H and O–H groups in total. The molecule has 2 aromatic heterocycles. The Bertz CT molecular complexity index is 837. The molecule has 0 unspecified atom stereocenters. The van der Waals surface area contributed by atoms with Crippen molar-refractivity contribution in [3.8, 4) is 5.69 Å². The summed E-state index contributed by atoms with van der Waals surface area (Å²) < 4.78 is 6.83. The lowest BCUT2D eigenvalue weighted by Gasteiger charge is -2.06. The largest absolute Gasteiger partial charge is 0.462 e. The number of ether oxygens (including phenoxy) is 1. The lowest BCUT2D eigenvalue weighted by molar-refractivity contribution is 0.0526. The zero-order valence-electron chi connectivity index (χ0n) is 12.1. The molecule has 6 nitrogen and oxygen atoms in total. The summed E-state index contributed by atoms with van der Waals surface area (Å²) in [6, 6.07) is 8.87. The SMILES string of the molecule is CCOC(=O)c1ccc(-n2cc(N)c3cc(N)cnc32)cc1. The van der Waals surface area contributed by atoms with Crippen LogP contribution in [0.1, 0.15) is 17.3 Å². The number of aromatic nitrogens is 2. The van der Waals surface area contributed by atoms with Crippen LogP contribution < -0.4 is 11.5 Å². The molecule has 1 aromatic carbocycles. The Kier molecular flexibility index (Phi) is 3.42. The molecule has 0 saturated heterocycles. The number of fused-ring (bicyclic) bond motifs is 1. The maximum atomic E-state index is 11.7. The van der Waals surface area contributed by atoms with Crippen molar-refractivity contribution in [3.63, 3.8) is 0 Å². The van der Waals surface area contributed by atoms with Crippen LogP contribution in [0.2, 0.25) is 0 Å². The van der Waals surface area contributed by atoms with Gasteiger partial charge < -0.3 is 16.2 Å². The van der Waals surface area contributed by atoms with E-state index >= 15 is 0 Å². The molecule has 0 fully saturated rings. The van der Waals surface area contributed by atoms with Gasteiger partial charge in [-0.3, -0.25) is 4.57 Å². The number of benzene rings is 1. The topological polar surface area (TPSA) is 96.2 Å². The number of carbonyl (C=O) groups excluding carboxylic acids is 1. The van der Waals surface area contributed by atoms with Crippen LogP contribution in [-0.2, 0) is 4.74 Å². The molecule has 0 aliphatic carbocycles. The second-order valence-corrected chi connectivity index (χ2v) is 4.86. The van der Waals surface area contributed by atoms with Gasteiger partial charge in [-0.05, 0) is 37.3 Å². The Labute approximate surface area is 127 Å². The van der Waals surface area contributed by atoms with Crippen molar-refractivity contribution in [2.24, 2.45) is 0 Å². The van der Waals surface area contributed by atoms with E-state index in [0.29, 0.717) is 23.5 Å². The van der Waals surface area contributed by atoms with Gasteiger partial charge in [-0.15, -0.1) is 0 Å². The Morgan fingerprint density at radius 3 is 2.68 bits per heavy atom. The molecule has 0 saturated carbocycles. The quantitative estimate of drug-likeness (QED) is 0.723. The Morgan fingerprint density at radius 1 is 1.27 bits per heavy atom. The number of rotatable bonds is 3. The molecule has 0 bridgehead atoms. The minimum absolute atomic E-state index is 0.336. The number of nitrogen functional groups attached to an aromatic ring is 2. The number of nitrogens with zero attached hydrogens (tertiary/aromatic N) is 2. The molecule has 112 valence electrons. The minimum atomic E-state index is -0.336. The summed E-state index contributed by atoms with van der Waals surface area (Å²) in [5, 5.41) is 0.800. The molecule has 0 spiro atoms. The summed E-state index contributed by atoms with van der Waals surface area (Å²) in [6.07, 6.45) is 3.38. The molecule has 0 aliphatic rings. The van der Waals surface area contributed by atoms with E-state index in [4.69, 9.17) is 16.2 Å². The standard InChI is InChI=1S/C16H16N4O2/c1-2-22-16(21)10-3-5-12(6-4-10)20-9-14(18)13-7-11(17)8-19-15(13)20/h3-9H,2,17-18H2,1H3. The van der Waals surface area contributed by atoms with Gasteiger partial charge in [0.05, 0.1) is 29.7 Å². The average molecular weight is 296 g/mol. The summed E-state index contributed by atoms with van der Waals surface area (Å²) in [6.45, 7) is 2.13. The van der Waals surface area contributed by atoms with E-state index in [9.17, 15) is 4.79 Å². The fraction of sp³-hybridized carbons (Fsp3) is 0.125. The van der Waals surface area contributed by atoms with Gasteiger partial charge in [0.25, 0.3) is 0 Å². The van der Waals surface area contributed by atoms with Crippen molar-refractivity contribution in [2.45, 2.75) is 6.92 Å². The van der Waals surface area contributed by atoms with Crippen molar-refractivity contribution in [3.05, 3.63) is 48.3 Å². The number of pyridine rings is 1. The van der Waals surface area contributed by atoms with Crippen LogP contribution in [-0.4, -0.2) is 22.1 Å². The molecule has 2 heterocycles. The van der Waals surface area contributed by atoms with Gasteiger partial charge in [0, 0.05) is 17.3 Å². The predicted octanol–water partition coefficient (Wildman–Crippen LogP) is 2.37. The Morgan fingerprint density at radius 2 is 2.00 bits per heavy atom. The van der Waals surface area contributed by atoms with Crippen molar-refractivity contribution >= 4 is 28.4 Å². The van der Waals surface area contributed by atoms with Gasteiger partial charge in [0.1, 0.15) is 5.65 Å². The average Bonchev–Trinajstić information content (AvgIpc) is 2.84. The molecule has 22 heavy (non-hydrogen) atoms. The summed E-state index contributed by atoms with van der Waals surface area (Å²) >= 11 is 0. The molecule has 0 radical (unpaired) electrons. The van der Waals surface area contributed by atoms with Gasteiger partial charge in [-0.25, -0.2) is 9.78 Å². The van der Waals surface area contributed by atoms with E-state index < -0.39 is 0 Å². The third-order valence-electron chi connectivity index (χ3n) is 3.35. The van der Waals surface area contributed by atoms with Gasteiger partial charge in [0.15, 0.2) is 0 Å².